The van der Waals surface area contributed by atoms with Gasteiger partial charge in [0.2, 0.25) is 0 Å². The Kier molecular flexibility index (Phi) is 4.21. The molecule has 0 saturated carbocycles. The fraction of sp³-hybridized carbons (Fsp3) is 0.375. The minimum absolute atomic E-state index is 0.399. The molecule has 0 aliphatic rings. The maximum atomic E-state index is 3.46. The molecule has 0 aliphatic carbocycles. The summed E-state index contributed by atoms with van der Waals surface area (Å²) < 4.78 is 2.32. The number of benzene rings is 1. The third-order valence-corrected chi connectivity index (χ3v) is 3.29. The van der Waals surface area contributed by atoms with Gasteiger partial charge in [-0.1, -0.05) is 36.8 Å². The normalized spacial score (nSPS) is 12.6. The number of rotatable bonds is 5. The molecule has 18 heavy (non-hydrogen) atoms. The lowest BCUT2D eigenvalue weighted by Gasteiger charge is -2.16. The second-order valence-electron chi connectivity index (χ2n) is 4.83. The molecule has 0 fully saturated rings. The van der Waals surface area contributed by atoms with Gasteiger partial charge in [-0.3, -0.25) is 0 Å². The molecule has 2 rings (SSSR count). The highest BCUT2D eigenvalue weighted by atomic mass is 15.0. The van der Waals surface area contributed by atoms with E-state index in [0.717, 1.165) is 13.1 Å². The van der Waals surface area contributed by atoms with Gasteiger partial charge in [0.1, 0.15) is 0 Å². The average molecular weight is 242 g/mol. The summed E-state index contributed by atoms with van der Waals surface area (Å²) in [7, 11) is 0. The number of hydrogen-bond acceptors (Lipinski definition) is 1. The average Bonchev–Trinajstić information content (AvgIpc) is 2.81. The molecular formula is C16H22N2. The molecule has 1 unspecified atom stereocenters. The number of aryl methyl sites for hydroxylation is 1. The number of nitrogens with one attached hydrogen (secondary N) is 1. The fourth-order valence-electron chi connectivity index (χ4n) is 2.27. The van der Waals surface area contributed by atoms with E-state index in [4.69, 9.17) is 0 Å². The summed E-state index contributed by atoms with van der Waals surface area (Å²) >= 11 is 0. The molecule has 0 bridgehead atoms. The standard InChI is InChI=1S/C16H22N2/c1-4-17-14(3)16-6-5-11-18(16)12-15-9-7-13(2)8-10-15/h5-11,14,17H,4,12H2,1-3H3. The molecular weight excluding hydrogens is 220 g/mol. The molecule has 1 aromatic carbocycles. The van der Waals surface area contributed by atoms with Gasteiger partial charge in [0.25, 0.3) is 0 Å². The van der Waals surface area contributed by atoms with Crippen LogP contribution in [0, 0.1) is 6.92 Å². The predicted molar refractivity (Wildman–Crippen MR) is 76.8 cm³/mol. The lowest BCUT2D eigenvalue weighted by molar-refractivity contribution is 0.553. The lowest BCUT2D eigenvalue weighted by Crippen LogP contribution is -2.20. The van der Waals surface area contributed by atoms with Crippen molar-refractivity contribution >= 4 is 0 Å². The molecule has 0 radical (unpaired) electrons. The monoisotopic (exact) mass is 242 g/mol. The van der Waals surface area contributed by atoms with Crippen LogP contribution in [0.25, 0.3) is 0 Å². The number of nitrogens with zero attached hydrogens (tertiary/aromatic N) is 1. The van der Waals surface area contributed by atoms with E-state index in [2.05, 4.69) is 73.3 Å². The summed E-state index contributed by atoms with van der Waals surface area (Å²) in [4.78, 5) is 0. The van der Waals surface area contributed by atoms with Gasteiger partial charge in [-0.2, -0.15) is 0 Å². The Hall–Kier alpha value is -1.54. The van der Waals surface area contributed by atoms with Crippen molar-refractivity contribution in [2.45, 2.75) is 33.4 Å². The maximum Gasteiger partial charge on any atom is 0.0473 e. The minimum Gasteiger partial charge on any atom is -0.346 e. The molecule has 1 atom stereocenters. The van der Waals surface area contributed by atoms with Crippen LogP contribution >= 0.6 is 0 Å². The third-order valence-electron chi connectivity index (χ3n) is 3.29. The Morgan fingerprint density at radius 3 is 2.56 bits per heavy atom. The minimum atomic E-state index is 0.399. The maximum absolute atomic E-state index is 3.46. The van der Waals surface area contributed by atoms with Crippen LogP contribution in [0.2, 0.25) is 0 Å². The van der Waals surface area contributed by atoms with Crippen LogP contribution < -0.4 is 5.32 Å². The summed E-state index contributed by atoms with van der Waals surface area (Å²) in [6.07, 6.45) is 2.16. The topological polar surface area (TPSA) is 17.0 Å². The van der Waals surface area contributed by atoms with E-state index in [1.807, 2.05) is 0 Å². The van der Waals surface area contributed by atoms with Gasteiger partial charge < -0.3 is 9.88 Å². The largest absolute Gasteiger partial charge is 0.346 e. The first-order chi connectivity index (χ1) is 8.70. The summed E-state index contributed by atoms with van der Waals surface area (Å²) in [6, 6.07) is 13.5. The first-order valence-corrected chi connectivity index (χ1v) is 6.64. The summed E-state index contributed by atoms with van der Waals surface area (Å²) in [5.74, 6) is 0. The Labute approximate surface area is 110 Å². The molecule has 1 aromatic heterocycles. The SMILES string of the molecule is CCNC(C)c1cccn1Cc1ccc(C)cc1. The van der Waals surface area contributed by atoms with Gasteiger partial charge in [-0.15, -0.1) is 0 Å². The molecule has 2 aromatic rings. The van der Waals surface area contributed by atoms with Crippen LogP contribution in [0.4, 0.5) is 0 Å². The van der Waals surface area contributed by atoms with Crippen molar-refractivity contribution in [3.8, 4) is 0 Å². The van der Waals surface area contributed by atoms with Crippen LogP contribution in [0.1, 0.15) is 36.7 Å². The van der Waals surface area contributed by atoms with E-state index in [-0.39, 0.29) is 0 Å². The van der Waals surface area contributed by atoms with Gasteiger partial charge in [0.15, 0.2) is 0 Å². The van der Waals surface area contributed by atoms with Crippen molar-refractivity contribution in [2.75, 3.05) is 6.54 Å². The zero-order valence-corrected chi connectivity index (χ0v) is 11.5. The van der Waals surface area contributed by atoms with Crippen molar-refractivity contribution in [2.24, 2.45) is 0 Å². The van der Waals surface area contributed by atoms with Crippen LogP contribution in [-0.2, 0) is 6.54 Å². The van der Waals surface area contributed by atoms with E-state index < -0.39 is 0 Å². The van der Waals surface area contributed by atoms with Crippen LogP contribution in [-0.4, -0.2) is 11.1 Å². The molecule has 1 N–H and O–H groups in total. The second-order valence-corrected chi connectivity index (χ2v) is 4.83. The lowest BCUT2D eigenvalue weighted by atomic mass is 10.1. The molecule has 0 amide bonds. The smallest absolute Gasteiger partial charge is 0.0473 e. The van der Waals surface area contributed by atoms with Crippen LogP contribution in [0.5, 0.6) is 0 Å². The molecule has 2 heteroatoms. The molecule has 0 saturated heterocycles. The Morgan fingerprint density at radius 1 is 1.17 bits per heavy atom. The van der Waals surface area contributed by atoms with Crippen molar-refractivity contribution in [1.82, 2.24) is 9.88 Å². The van der Waals surface area contributed by atoms with Gasteiger partial charge in [-0.25, -0.2) is 0 Å². The van der Waals surface area contributed by atoms with Crippen molar-refractivity contribution in [3.05, 3.63) is 59.4 Å². The summed E-state index contributed by atoms with van der Waals surface area (Å²) in [5, 5.41) is 3.46. The highest BCUT2D eigenvalue weighted by molar-refractivity contribution is 5.23. The predicted octanol–water partition coefficient (Wildman–Crippen LogP) is 3.52. The molecule has 1 heterocycles. The Morgan fingerprint density at radius 2 is 1.89 bits per heavy atom. The molecule has 96 valence electrons. The molecule has 0 spiro atoms. The first-order valence-electron chi connectivity index (χ1n) is 6.64. The number of aromatic nitrogens is 1. The summed E-state index contributed by atoms with van der Waals surface area (Å²) in [6.45, 7) is 8.42. The van der Waals surface area contributed by atoms with Crippen LogP contribution in [0.3, 0.4) is 0 Å². The van der Waals surface area contributed by atoms with Gasteiger partial charge in [0, 0.05) is 24.5 Å². The zero-order chi connectivity index (χ0) is 13.0. The van der Waals surface area contributed by atoms with Crippen molar-refractivity contribution in [3.63, 3.8) is 0 Å². The Balaban J connectivity index is 2.14. The third kappa shape index (κ3) is 3.02. The van der Waals surface area contributed by atoms with E-state index in [1.54, 1.807) is 0 Å². The zero-order valence-electron chi connectivity index (χ0n) is 11.5. The van der Waals surface area contributed by atoms with Gasteiger partial charge in [0.05, 0.1) is 0 Å². The Bertz CT molecular complexity index is 482. The fourth-order valence-corrected chi connectivity index (χ4v) is 2.27. The van der Waals surface area contributed by atoms with Crippen molar-refractivity contribution < 1.29 is 0 Å². The quantitative estimate of drug-likeness (QED) is 0.849. The number of hydrogen-bond donors (Lipinski definition) is 1. The molecule has 0 aliphatic heterocycles. The van der Waals surface area contributed by atoms with Crippen molar-refractivity contribution in [1.29, 1.82) is 0 Å². The first kappa shape index (κ1) is 12.9. The second kappa shape index (κ2) is 5.87. The van der Waals surface area contributed by atoms with E-state index in [1.165, 1.54) is 16.8 Å². The summed E-state index contributed by atoms with van der Waals surface area (Å²) in [5.41, 5.74) is 4.01. The van der Waals surface area contributed by atoms with E-state index in [9.17, 15) is 0 Å². The highest BCUT2D eigenvalue weighted by Crippen LogP contribution is 2.15. The van der Waals surface area contributed by atoms with Crippen LogP contribution in [0.15, 0.2) is 42.6 Å². The van der Waals surface area contributed by atoms with E-state index >= 15 is 0 Å². The van der Waals surface area contributed by atoms with Gasteiger partial charge in [-0.05, 0) is 38.1 Å². The highest BCUT2D eigenvalue weighted by Gasteiger charge is 2.08. The van der Waals surface area contributed by atoms with E-state index in [0.29, 0.717) is 6.04 Å². The molecule has 2 nitrogen and oxygen atoms in total. The van der Waals surface area contributed by atoms with Gasteiger partial charge >= 0.3 is 0 Å².